The summed E-state index contributed by atoms with van der Waals surface area (Å²) in [5.74, 6) is -3.30. The van der Waals surface area contributed by atoms with Gasteiger partial charge in [0.15, 0.2) is 0 Å². The van der Waals surface area contributed by atoms with Crippen molar-refractivity contribution in [1.82, 2.24) is 25.9 Å². The number of phenols is 1. The number of thiol groups is 1. The lowest BCUT2D eigenvalue weighted by Gasteiger charge is -2.24. The van der Waals surface area contributed by atoms with Crippen LogP contribution in [0.3, 0.4) is 0 Å². The van der Waals surface area contributed by atoms with E-state index in [4.69, 9.17) is 11.5 Å². The van der Waals surface area contributed by atoms with E-state index in [1.807, 2.05) is 0 Å². The van der Waals surface area contributed by atoms with Crippen molar-refractivity contribution in [3.63, 3.8) is 0 Å². The second-order valence-corrected chi connectivity index (χ2v) is 9.11. The lowest BCUT2D eigenvalue weighted by atomic mass is 10.0. The number of H-pyrrole nitrogens is 1. The zero-order chi connectivity index (χ0) is 28.1. The van der Waals surface area contributed by atoms with E-state index >= 15 is 0 Å². The fraction of sp³-hybridized carbons (Fsp3) is 0.458. The smallest absolute Gasteiger partial charge is 0.326 e. The topological polar surface area (TPSA) is 226 Å². The Kier molecular flexibility index (Phi) is 12.6. The fourth-order valence-electron chi connectivity index (χ4n) is 3.57. The lowest BCUT2D eigenvalue weighted by Crippen LogP contribution is -2.58. The summed E-state index contributed by atoms with van der Waals surface area (Å²) in [4.78, 5) is 57.1. The van der Waals surface area contributed by atoms with Crippen molar-refractivity contribution >= 4 is 36.3 Å². The van der Waals surface area contributed by atoms with E-state index in [1.165, 1.54) is 24.7 Å². The Morgan fingerprint density at radius 1 is 0.947 bits per heavy atom. The number of amides is 3. The molecule has 4 atom stereocenters. The van der Waals surface area contributed by atoms with Gasteiger partial charge in [-0.15, -0.1) is 0 Å². The SMILES string of the molecule is NCCCCC(NC(=O)C(CS)NC(=O)C(Cc1ccc(O)cc1)NC(=O)C(N)Cc1cnc[nH]1)C(=O)O. The normalized spacial score (nSPS) is 14.1. The molecule has 4 unspecified atom stereocenters. The number of nitrogens with two attached hydrogens (primary N) is 2. The third kappa shape index (κ3) is 10.0. The second kappa shape index (κ2) is 15.6. The second-order valence-electron chi connectivity index (χ2n) is 8.75. The third-order valence-electron chi connectivity index (χ3n) is 5.72. The minimum Gasteiger partial charge on any atom is -0.508 e. The number of aromatic amines is 1. The molecule has 0 aliphatic heterocycles. The molecule has 10 N–H and O–H groups in total. The van der Waals surface area contributed by atoms with Crippen molar-refractivity contribution in [2.45, 2.75) is 56.3 Å². The number of hydrogen-bond acceptors (Lipinski definition) is 9. The molecular formula is C24H35N7O6S. The number of carboxylic acids is 1. The Morgan fingerprint density at radius 3 is 2.16 bits per heavy atom. The molecule has 0 aliphatic carbocycles. The van der Waals surface area contributed by atoms with Gasteiger partial charge in [-0.3, -0.25) is 14.4 Å². The summed E-state index contributed by atoms with van der Waals surface area (Å²) in [5.41, 5.74) is 12.7. The zero-order valence-electron chi connectivity index (χ0n) is 20.8. The molecular weight excluding hydrogens is 514 g/mol. The molecule has 2 rings (SSSR count). The molecule has 3 amide bonds. The van der Waals surface area contributed by atoms with Crippen LogP contribution in [0.4, 0.5) is 0 Å². The van der Waals surface area contributed by atoms with Crippen molar-refractivity contribution in [3.05, 3.63) is 48.0 Å². The maximum atomic E-state index is 13.2. The molecule has 0 spiro atoms. The number of phenolic OH excluding ortho intramolecular Hbond substituents is 1. The highest BCUT2D eigenvalue weighted by Gasteiger charge is 2.30. The van der Waals surface area contributed by atoms with Crippen LogP contribution in [0.2, 0.25) is 0 Å². The number of benzene rings is 1. The van der Waals surface area contributed by atoms with Crippen LogP contribution in [0.1, 0.15) is 30.5 Å². The number of unbranched alkanes of at least 4 members (excludes halogenated alkanes) is 1. The molecule has 0 radical (unpaired) electrons. The van der Waals surface area contributed by atoms with Gasteiger partial charge in [0.1, 0.15) is 23.9 Å². The van der Waals surface area contributed by atoms with Crippen LogP contribution in [0.15, 0.2) is 36.8 Å². The first-order valence-electron chi connectivity index (χ1n) is 12.1. The van der Waals surface area contributed by atoms with Gasteiger partial charge < -0.3 is 42.6 Å². The summed E-state index contributed by atoms with van der Waals surface area (Å²) in [6.45, 7) is 0.398. The van der Waals surface area contributed by atoms with Gasteiger partial charge >= 0.3 is 5.97 Å². The zero-order valence-corrected chi connectivity index (χ0v) is 21.7. The molecule has 38 heavy (non-hydrogen) atoms. The van der Waals surface area contributed by atoms with E-state index in [-0.39, 0.29) is 30.8 Å². The fourth-order valence-corrected chi connectivity index (χ4v) is 3.83. The average Bonchev–Trinajstić information content (AvgIpc) is 3.40. The molecule has 2 aromatic rings. The van der Waals surface area contributed by atoms with Gasteiger partial charge in [0.25, 0.3) is 0 Å². The maximum Gasteiger partial charge on any atom is 0.326 e. The summed E-state index contributed by atoms with van der Waals surface area (Å²) < 4.78 is 0. The van der Waals surface area contributed by atoms with Gasteiger partial charge in [-0.1, -0.05) is 12.1 Å². The summed E-state index contributed by atoms with van der Waals surface area (Å²) in [6.07, 6.45) is 4.47. The summed E-state index contributed by atoms with van der Waals surface area (Å²) >= 11 is 4.14. The van der Waals surface area contributed by atoms with Crippen LogP contribution in [0.25, 0.3) is 0 Å². The predicted molar refractivity (Wildman–Crippen MR) is 142 cm³/mol. The van der Waals surface area contributed by atoms with E-state index in [0.29, 0.717) is 30.6 Å². The Bertz CT molecular complexity index is 1050. The maximum absolute atomic E-state index is 13.2. The quantitative estimate of drug-likeness (QED) is 0.0906. The minimum absolute atomic E-state index is 0.0339. The van der Waals surface area contributed by atoms with E-state index in [1.54, 1.807) is 12.1 Å². The minimum atomic E-state index is -1.21. The Labute approximate surface area is 225 Å². The van der Waals surface area contributed by atoms with E-state index in [2.05, 4.69) is 38.5 Å². The summed E-state index contributed by atoms with van der Waals surface area (Å²) in [7, 11) is 0. The molecule has 1 heterocycles. The van der Waals surface area contributed by atoms with Gasteiger partial charge in [0, 0.05) is 30.5 Å². The van der Waals surface area contributed by atoms with Gasteiger partial charge in [-0.25, -0.2) is 9.78 Å². The number of carboxylic acid groups (broad SMARTS) is 1. The van der Waals surface area contributed by atoms with Crippen LogP contribution in [-0.4, -0.2) is 80.3 Å². The van der Waals surface area contributed by atoms with Crippen LogP contribution < -0.4 is 27.4 Å². The number of nitrogens with one attached hydrogen (secondary N) is 4. The lowest BCUT2D eigenvalue weighted by molar-refractivity contribution is -0.142. The Hall–Kier alpha value is -3.62. The number of nitrogens with zero attached hydrogens (tertiary/aromatic N) is 1. The van der Waals surface area contributed by atoms with E-state index in [0.717, 1.165) is 0 Å². The molecule has 0 bridgehead atoms. The third-order valence-corrected chi connectivity index (χ3v) is 6.08. The highest BCUT2D eigenvalue weighted by molar-refractivity contribution is 7.80. The van der Waals surface area contributed by atoms with Crippen LogP contribution in [0, 0.1) is 0 Å². The number of aromatic hydroxyl groups is 1. The Morgan fingerprint density at radius 2 is 1.58 bits per heavy atom. The molecule has 0 fully saturated rings. The monoisotopic (exact) mass is 549 g/mol. The highest BCUT2D eigenvalue weighted by Crippen LogP contribution is 2.12. The number of carbonyl (C=O) groups excluding carboxylic acids is 3. The summed E-state index contributed by atoms with van der Waals surface area (Å²) in [6, 6.07) is 1.63. The average molecular weight is 550 g/mol. The molecule has 13 nitrogen and oxygen atoms in total. The van der Waals surface area contributed by atoms with Gasteiger partial charge in [-0.05, 0) is 43.5 Å². The van der Waals surface area contributed by atoms with Crippen molar-refractivity contribution in [3.8, 4) is 5.75 Å². The first kappa shape index (κ1) is 30.6. The van der Waals surface area contributed by atoms with Crippen molar-refractivity contribution in [2.24, 2.45) is 11.5 Å². The van der Waals surface area contributed by atoms with E-state index in [9.17, 15) is 29.4 Å². The first-order valence-corrected chi connectivity index (χ1v) is 12.7. The van der Waals surface area contributed by atoms with Crippen molar-refractivity contribution < 1.29 is 29.4 Å². The van der Waals surface area contributed by atoms with Crippen molar-refractivity contribution in [2.75, 3.05) is 12.3 Å². The van der Waals surface area contributed by atoms with Gasteiger partial charge in [0.2, 0.25) is 17.7 Å². The standard InChI is InChI=1S/C24H35N7O6S/c25-8-2-1-3-18(24(36)37)29-23(35)20(12-38)31-22(34)19(9-14-4-6-16(32)7-5-14)30-21(33)17(26)10-15-11-27-13-28-15/h4-7,11,13,17-20,32,38H,1-3,8-10,12,25-26H2,(H,27,28)(H,29,35)(H,30,33)(H,31,34)(H,36,37). The highest BCUT2D eigenvalue weighted by atomic mass is 32.1. The molecule has 1 aromatic heterocycles. The number of imidazole rings is 1. The Balaban J connectivity index is 2.12. The number of aliphatic carboxylic acids is 1. The molecule has 1 aromatic carbocycles. The largest absolute Gasteiger partial charge is 0.508 e. The van der Waals surface area contributed by atoms with Crippen LogP contribution in [0.5, 0.6) is 5.75 Å². The van der Waals surface area contributed by atoms with E-state index < -0.39 is 47.9 Å². The van der Waals surface area contributed by atoms with Crippen LogP contribution in [-0.2, 0) is 32.0 Å². The number of carbonyl (C=O) groups is 4. The van der Waals surface area contributed by atoms with Gasteiger partial charge in [0.05, 0.1) is 12.4 Å². The number of hydrogen-bond donors (Lipinski definition) is 9. The number of rotatable bonds is 16. The number of aromatic nitrogens is 2. The van der Waals surface area contributed by atoms with Crippen molar-refractivity contribution in [1.29, 1.82) is 0 Å². The van der Waals surface area contributed by atoms with Crippen LogP contribution >= 0.6 is 12.6 Å². The molecule has 0 aliphatic rings. The first-order chi connectivity index (χ1) is 18.1. The molecule has 0 saturated carbocycles. The van der Waals surface area contributed by atoms with Gasteiger partial charge in [-0.2, -0.15) is 12.6 Å². The molecule has 14 heteroatoms. The molecule has 208 valence electrons. The molecule has 0 saturated heterocycles. The predicted octanol–water partition coefficient (Wildman–Crippen LogP) is -1.17. The summed E-state index contributed by atoms with van der Waals surface area (Å²) in [5, 5.41) is 26.6.